The number of nitrogens with one attached hydrogen (secondary N) is 2. The third-order valence-electron chi connectivity index (χ3n) is 7.73. The molecule has 2 aromatic heterocycles. The van der Waals surface area contributed by atoms with Gasteiger partial charge in [-0.15, -0.1) is 0 Å². The summed E-state index contributed by atoms with van der Waals surface area (Å²) in [6.07, 6.45) is -0.197. The van der Waals surface area contributed by atoms with Gasteiger partial charge in [0.2, 0.25) is 0 Å². The number of amides is 2. The minimum absolute atomic E-state index is 0.0270. The molecule has 0 spiro atoms. The molecule has 4 aromatic rings. The molecule has 2 amide bonds. The van der Waals surface area contributed by atoms with Crippen LogP contribution in [0.5, 0.6) is 0 Å². The Morgan fingerprint density at radius 3 is 2.32 bits per heavy atom. The van der Waals surface area contributed by atoms with Gasteiger partial charge in [-0.3, -0.25) is 18.7 Å². The van der Waals surface area contributed by atoms with Crippen LogP contribution in [0.25, 0.3) is 16.7 Å². The molecule has 1 aliphatic carbocycles. The predicted octanol–water partition coefficient (Wildman–Crippen LogP) is 4.86. The van der Waals surface area contributed by atoms with Crippen molar-refractivity contribution in [3.8, 4) is 5.69 Å². The Bertz CT molecular complexity index is 1650. The van der Waals surface area contributed by atoms with Crippen LogP contribution in [-0.2, 0) is 12.7 Å². The van der Waals surface area contributed by atoms with Crippen molar-refractivity contribution in [1.29, 1.82) is 0 Å². The molecule has 1 saturated carbocycles. The van der Waals surface area contributed by atoms with E-state index < -0.39 is 17.6 Å². The summed E-state index contributed by atoms with van der Waals surface area (Å²) in [6, 6.07) is 13.8. The number of carbonyl (C=O) groups is 2. The van der Waals surface area contributed by atoms with E-state index in [0.29, 0.717) is 30.6 Å². The summed E-state index contributed by atoms with van der Waals surface area (Å²) in [5.74, 6) is -0.639. The van der Waals surface area contributed by atoms with E-state index in [0.717, 1.165) is 36.0 Å². The highest BCUT2D eigenvalue weighted by Gasteiger charge is 2.32. The number of nitrogens with zero attached hydrogens (tertiary/aromatic N) is 3. The second-order valence-electron chi connectivity index (χ2n) is 10.4. The Morgan fingerprint density at radius 2 is 1.68 bits per heavy atom. The molecule has 2 N–H and O–H groups in total. The van der Waals surface area contributed by atoms with Crippen LogP contribution in [0.3, 0.4) is 0 Å². The van der Waals surface area contributed by atoms with Gasteiger partial charge >= 0.3 is 11.9 Å². The SMILES string of the molecule is CNC(=O)c1ccc(-n2c(=O)n(C[C@H]3CC[C@H](NC(=O)c4cc(C(F)(F)F)ccc4C)CC3)c3ccccc32)cn1. The predicted molar refractivity (Wildman–Crippen MR) is 148 cm³/mol. The minimum atomic E-state index is -4.52. The first-order chi connectivity index (χ1) is 19.6. The molecule has 0 radical (unpaired) electrons. The van der Waals surface area contributed by atoms with Crippen LogP contribution >= 0.6 is 0 Å². The molecule has 0 atom stereocenters. The molecule has 5 rings (SSSR count). The monoisotopic (exact) mass is 565 g/mol. The highest BCUT2D eigenvalue weighted by Crippen LogP contribution is 2.31. The van der Waals surface area contributed by atoms with E-state index in [1.54, 1.807) is 28.2 Å². The van der Waals surface area contributed by atoms with Crippen LogP contribution in [0, 0.1) is 12.8 Å². The molecule has 2 aromatic carbocycles. The van der Waals surface area contributed by atoms with Gasteiger partial charge < -0.3 is 10.6 Å². The Labute approximate surface area is 234 Å². The van der Waals surface area contributed by atoms with E-state index in [1.807, 2.05) is 24.3 Å². The van der Waals surface area contributed by atoms with E-state index in [1.165, 1.54) is 19.3 Å². The lowest BCUT2D eigenvalue weighted by Gasteiger charge is -2.29. The number of rotatable bonds is 6. The number of hydrogen-bond donors (Lipinski definition) is 2. The molecular weight excluding hydrogens is 535 g/mol. The van der Waals surface area contributed by atoms with E-state index >= 15 is 0 Å². The lowest BCUT2D eigenvalue weighted by molar-refractivity contribution is -0.137. The second-order valence-corrected chi connectivity index (χ2v) is 10.4. The molecule has 2 heterocycles. The molecule has 8 nitrogen and oxygen atoms in total. The standard InChI is InChI=1S/C30H30F3N5O3/c1-18-7-10-20(30(31,32)33)15-23(18)27(39)36-21-11-8-19(9-12-21)17-37-25-5-3-4-6-26(25)38(29(37)41)22-13-14-24(35-16-22)28(40)34-2/h3-7,10,13-16,19,21H,8-9,11-12,17H2,1-2H3,(H,34,40)(H,36,39)/t19-,21-. The zero-order chi connectivity index (χ0) is 29.3. The first kappa shape index (κ1) is 28.1. The summed E-state index contributed by atoms with van der Waals surface area (Å²) in [7, 11) is 1.52. The maximum absolute atomic E-state index is 13.6. The van der Waals surface area contributed by atoms with Gasteiger partial charge in [-0.2, -0.15) is 13.2 Å². The second kappa shape index (κ2) is 11.2. The third kappa shape index (κ3) is 5.75. The lowest BCUT2D eigenvalue weighted by Crippen LogP contribution is -2.39. The van der Waals surface area contributed by atoms with Gasteiger partial charge in [0, 0.05) is 25.2 Å². The summed E-state index contributed by atoms with van der Waals surface area (Å²) in [5, 5.41) is 5.43. The van der Waals surface area contributed by atoms with Gasteiger partial charge in [-0.25, -0.2) is 9.78 Å². The van der Waals surface area contributed by atoms with Crippen molar-refractivity contribution in [2.24, 2.45) is 5.92 Å². The summed E-state index contributed by atoms with van der Waals surface area (Å²) in [6.45, 7) is 2.11. The van der Waals surface area contributed by atoms with Gasteiger partial charge in [0.05, 0.1) is 28.5 Å². The number of halogens is 3. The number of imidazole rings is 1. The van der Waals surface area contributed by atoms with Crippen LogP contribution in [0.4, 0.5) is 13.2 Å². The molecule has 11 heteroatoms. The number of hydrogen-bond acceptors (Lipinski definition) is 4. The Morgan fingerprint density at radius 1 is 0.976 bits per heavy atom. The van der Waals surface area contributed by atoms with Crippen LogP contribution in [0.15, 0.2) is 65.6 Å². The summed E-state index contributed by atoms with van der Waals surface area (Å²) < 4.78 is 42.8. The molecule has 214 valence electrons. The number of fused-ring (bicyclic) bond motifs is 1. The molecular formula is C30H30F3N5O3. The van der Waals surface area contributed by atoms with Gasteiger partial charge in [-0.05, 0) is 80.5 Å². The Balaban J connectivity index is 1.29. The zero-order valence-corrected chi connectivity index (χ0v) is 22.7. The van der Waals surface area contributed by atoms with E-state index in [2.05, 4.69) is 15.6 Å². The number of alkyl halides is 3. The summed E-state index contributed by atoms with van der Waals surface area (Å²) in [4.78, 5) is 42.5. The molecule has 41 heavy (non-hydrogen) atoms. The van der Waals surface area contributed by atoms with Gasteiger partial charge in [0.1, 0.15) is 5.69 Å². The normalized spacial score (nSPS) is 17.4. The van der Waals surface area contributed by atoms with Crippen LogP contribution in [0.2, 0.25) is 0 Å². The largest absolute Gasteiger partial charge is 0.416 e. The summed E-state index contributed by atoms with van der Waals surface area (Å²) >= 11 is 0. The number of aryl methyl sites for hydroxylation is 1. The van der Waals surface area contributed by atoms with Gasteiger partial charge in [0.25, 0.3) is 11.8 Å². The number of aromatic nitrogens is 3. The van der Waals surface area contributed by atoms with Crippen LogP contribution in [-0.4, -0.2) is 39.0 Å². The zero-order valence-electron chi connectivity index (χ0n) is 22.7. The fourth-order valence-electron chi connectivity index (χ4n) is 5.47. The van der Waals surface area contributed by atoms with E-state index in [4.69, 9.17) is 0 Å². The number of benzene rings is 2. The van der Waals surface area contributed by atoms with Crippen LogP contribution in [0.1, 0.15) is 57.7 Å². The van der Waals surface area contributed by atoms with Crippen molar-refractivity contribution in [3.05, 3.63) is 93.7 Å². The first-order valence-electron chi connectivity index (χ1n) is 13.4. The Hall–Kier alpha value is -4.41. The molecule has 0 aliphatic heterocycles. The molecule has 1 fully saturated rings. The Kier molecular flexibility index (Phi) is 7.70. The van der Waals surface area contributed by atoms with E-state index in [9.17, 15) is 27.6 Å². The van der Waals surface area contributed by atoms with Crippen molar-refractivity contribution in [1.82, 2.24) is 24.8 Å². The highest BCUT2D eigenvalue weighted by atomic mass is 19.4. The quantitative estimate of drug-likeness (QED) is 0.349. The smallest absolute Gasteiger partial charge is 0.354 e. The maximum atomic E-state index is 13.6. The van der Waals surface area contributed by atoms with E-state index in [-0.39, 0.29) is 34.8 Å². The maximum Gasteiger partial charge on any atom is 0.416 e. The van der Waals surface area contributed by atoms with Crippen LogP contribution < -0.4 is 16.3 Å². The number of pyridine rings is 1. The highest BCUT2D eigenvalue weighted by molar-refractivity contribution is 5.96. The van der Waals surface area contributed by atoms with Gasteiger partial charge in [-0.1, -0.05) is 18.2 Å². The minimum Gasteiger partial charge on any atom is -0.354 e. The average Bonchev–Trinajstić information content (AvgIpc) is 3.24. The van der Waals surface area contributed by atoms with Crippen molar-refractivity contribution in [2.75, 3.05) is 7.05 Å². The van der Waals surface area contributed by atoms with Crippen molar-refractivity contribution < 1.29 is 22.8 Å². The average molecular weight is 566 g/mol. The van der Waals surface area contributed by atoms with Crippen molar-refractivity contribution in [2.45, 2.75) is 51.4 Å². The fourth-order valence-corrected chi connectivity index (χ4v) is 5.47. The molecule has 0 bridgehead atoms. The molecule has 1 aliphatic rings. The van der Waals surface area contributed by atoms with Crippen molar-refractivity contribution in [3.63, 3.8) is 0 Å². The first-order valence-corrected chi connectivity index (χ1v) is 13.4. The number of carbonyl (C=O) groups excluding carboxylic acids is 2. The topological polar surface area (TPSA) is 98.0 Å². The fraction of sp³-hybridized carbons (Fsp3) is 0.333. The van der Waals surface area contributed by atoms with Crippen molar-refractivity contribution >= 4 is 22.8 Å². The molecule has 0 saturated heterocycles. The van der Waals surface area contributed by atoms with Gasteiger partial charge in [0.15, 0.2) is 0 Å². The third-order valence-corrected chi connectivity index (χ3v) is 7.73. The molecule has 0 unspecified atom stereocenters. The summed E-state index contributed by atoms with van der Waals surface area (Å²) in [5.41, 5.74) is 1.76. The number of para-hydroxylation sites is 2. The lowest BCUT2D eigenvalue weighted by atomic mass is 9.85.